The average molecular weight is 292 g/mol. The van der Waals surface area contributed by atoms with Gasteiger partial charge in [-0.15, -0.1) is 11.3 Å². The van der Waals surface area contributed by atoms with Gasteiger partial charge in [-0.1, -0.05) is 6.07 Å². The summed E-state index contributed by atoms with van der Waals surface area (Å²) in [5.41, 5.74) is 6.26. The van der Waals surface area contributed by atoms with Crippen LogP contribution in [0, 0.1) is 13.8 Å². The Morgan fingerprint density at radius 1 is 1.15 bits per heavy atom. The van der Waals surface area contributed by atoms with Gasteiger partial charge in [0.1, 0.15) is 11.5 Å². The topological polar surface area (TPSA) is 56.5 Å². The summed E-state index contributed by atoms with van der Waals surface area (Å²) in [6.45, 7) is 4.12. The summed E-state index contributed by atoms with van der Waals surface area (Å²) in [4.78, 5) is 1.09. The van der Waals surface area contributed by atoms with Crippen LogP contribution in [0.4, 0.5) is 0 Å². The summed E-state index contributed by atoms with van der Waals surface area (Å²) in [5, 5.41) is 1.97. The van der Waals surface area contributed by atoms with Crippen LogP contribution in [0.2, 0.25) is 0 Å². The molecule has 0 spiro atoms. The highest BCUT2D eigenvalue weighted by Crippen LogP contribution is 2.37. The Balaban J connectivity index is 2.51. The van der Waals surface area contributed by atoms with E-state index in [2.05, 4.69) is 25.3 Å². The van der Waals surface area contributed by atoms with Crippen molar-refractivity contribution in [1.29, 1.82) is 0 Å². The van der Waals surface area contributed by atoms with Gasteiger partial charge in [-0.2, -0.15) is 0 Å². The Morgan fingerprint density at radius 2 is 1.90 bits per heavy atom. The molecule has 0 aliphatic carbocycles. The number of benzene rings is 1. The van der Waals surface area contributed by atoms with E-state index in [1.54, 1.807) is 25.6 Å². The minimum absolute atomic E-state index is 0.112. The number of ether oxygens (including phenoxy) is 2. The zero-order valence-corrected chi connectivity index (χ0v) is 13.0. The fourth-order valence-electron chi connectivity index (χ4n) is 2.38. The number of hydrazine groups is 1. The lowest BCUT2D eigenvalue weighted by Crippen LogP contribution is -2.29. The van der Waals surface area contributed by atoms with E-state index < -0.39 is 0 Å². The first-order valence-electron chi connectivity index (χ1n) is 6.34. The minimum atomic E-state index is -0.112. The molecule has 0 saturated carbocycles. The number of aryl methyl sites for hydroxylation is 2. The van der Waals surface area contributed by atoms with Gasteiger partial charge in [-0.3, -0.25) is 5.84 Å². The van der Waals surface area contributed by atoms with Crippen LogP contribution in [-0.4, -0.2) is 14.2 Å². The second kappa shape index (κ2) is 6.26. The van der Waals surface area contributed by atoms with E-state index in [0.717, 1.165) is 27.5 Å². The maximum Gasteiger partial charge on any atom is 0.129 e. The molecule has 1 aromatic carbocycles. The second-order valence-electron chi connectivity index (χ2n) is 4.69. The van der Waals surface area contributed by atoms with Crippen molar-refractivity contribution < 1.29 is 9.47 Å². The molecule has 0 fully saturated rings. The molecule has 4 nitrogen and oxygen atoms in total. The smallest absolute Gasteiger partial charge is 0.129 e. The van der Waals surface area contributed by atoms with Crippen LogP contribution in [0.15, 0.2) is 23.6 Å². The predicted octanol–water partition coefficient (Wildman–Crippen LogP) is 2.93. The Kier molecular flexibility index (Phi) is 4.65. The van der Waals surface area contributed by atoms with E-state index in [4.69, 9.17) is 15.3 Å². The van der Waals surface area contributed by atoms with E-state index in [0.29, 0.717) is 0 Å². The van der Waals surface area contributed by atoms with Crippen molar-refractivity contribution in [2.75, 3.05) is 14.2 Å². The van der Waals surface area contributed by atoms with Crippen molar-refractivity contribution in [2.45, 2.75) is 19.9 Å². The SMILES string of the molecule is COc1csc(C(NN)c2c(C)cc(C)cc2OC)c1. The predicted molar refractivity (Wildman–Crippen MR) is 82.5 cm³/mol. The Labute approximate surface area is 123 Å². The third-order valence-corrected chi connectivity index (χ3v) is 4.26. The molecule has 0 amide bonds. The van der Waals surface area contributed by atoms with E-state index in [9.17, 15) is 0 Å². The monoisotopic (exact) mass is 292 g/mol. The van der Waals surface area contributed by atoms with Crippen LogP contribution in [0.5, 0.6) is 11.5 Å². The lowest BCUT2D eigenvalue weighted by atomic mass is 9.97. The quantitative estimate of drug-likeness (QED) is 0.657. The molecule has 1 unspecified atom stereocenters. The molecule has 0 aliphatic rings. The molecular weight excluding hydrogens is 272 g/mol. The fourth-order valence-corrected chi connectivity index (χ4v) is 3.30. The first-order valence-corrected chi connectivity index (χ1v) is 7.22. The number of hydrogen-bond acceptors (Lipinski definition) is 5. The summed E-state index contributed by atoms with van der Waals surface area (Å²) in [6, 6.07) is 6.04. The average Bonchev–Trinajstić information content (AvgIpc) is 2.90. The number of methoxy groups -OCH3 is 2. The molecular formula is C15H20N2O2S. The zero-order chi connectivity index (χ0) is 14.7. The largest absolute Gasteiger partial charge is 0.496 e. The van der Waals surface area contributed by atoms with Gasteiger partial charge in [-0.05, 0) is 37.1 Å². The van der Waals surface area contributed by atoms with Crippen molar-refractivity contribution >= 4 is 11.3 Å². The summed E-state index contributed by atoms with van der Waals surface area (Å²) < 4.78 is 10.8. The van der Waals surface area contributed by atoms with Gasteiger partial charge in [-0.25, -0.2) is 5.43 Å². The van der Waals surface area contributed by atoms with Gasteiger partial charge >= 0.3 is 0 Å². The lowest BCUT2D eigenvalue weighted by Gasteiger charge is -2.21. The van der Waals surface area contributed by atoms with Gasteiger partial charge < -0.3 is 9.47 Å². The van der Waals surface area contributed by atoms with Crippen LogP contribution < -0.4 is 20.7 Å². The number of nitrogens with two attached hydrogens (primary N) is 1. The van der Waals surface area contributed by atoms with Crippen molar-refractivity contribution in [2.24, 2.45) is 5.84 Å². The first-order chi connectivity index (χ1) is 9.60. The summed E-state index contributed by atoms with van der Waals surface area (Å²) in [6.07, 6.45) is 0. The third-order valence-electron chi connectivity index (χ3n) is 3.28. The molecule has 3 N–H and O–H groups in total. The molecule has 5 heteroatoms. The maximum absolute atomic E-state index is 5.78. The Bertz CT molecular complexity index is 596. The van der Waals surface area contributed by atoms with E-state index in [1.807, 2.05) is 17.5 Å². The summed E-state index contributed by atoms with van der Waals surface area (Å²) >= 11 is 1.61. The molecule has 0 saturated heterocycles. The number of nitrogens with one attached hydrogen (secondary N) is 1. The molecule has 108 valence electrons. The van der Waals surface area contributed by atoms with Crippen LogP contribution >= 0.6 is 11.3 Å². The standard InChI is InChI=1S/C15H20N2O2S/c1-9-5-10(2)14(12(6-9)19-4)15(17-16)13-7-11(18-3)8-20-13/h5-8,15,17H,16H2,1-4H3. The lowest BCUT2D eigenvalue weighted by molar-refractivity contribution is 0.403. The van der Waals surface area contributed by atoms with Crippen molar-refractivity contribution in [3.63, 3.8) is 0 Å². The third kappa shape index (κ3) is 2.80. The number of rotatable bonds is 5. The van der Waals surface area contributed by atoms with Gasteiger partial charge in [0.05, 0.1) is 20.3 Å². The minimum Gasteiger partial charge on any atom is -0.496 e. The molecule has 2 rings (SSSR count). The molecule has 1 aromatic heterocycles. The van der Waals surface area contributed by atoms with Crippen LogP contribution in [0.3, 0.4) is 0 Å². The van der Waals surface area contributed by atoms with Gasteiger partial charge in [0, 0.05) is 15.8 Å². The normalized spacial score (nSPS) is 12.2. The molecule has 20 heavy (non-hydrogen) atoms. The van der Waals surface area contributed by atoms with E-state index >= 15 is 0 Å². The maximum atomic E-state index is 5.78. The molecule has 0 radical (unpaired) electrons. The highest BCUT2D eigenvalue weighted by atomic mass is 32.1. The molecule has 0 bridgehead atoms. The number of hydrogen-bond donors (Lipinski definition) is 2. The molecule has 1 heterocycles. The van der Waals surface area contributed by atoms with Gasteiger partial charge in [0.25, 0.3) is 0 Å². The van der Waals surface area contributed by atoms with Crippen LogP contribution in [0.25, 0.3) is 0 Å². The summed E-state index contributed by atoms with van der Waals surface area (Å²) in [7, 11) is 3.34. The van der Waals surface area contributed by atoms with E-state index in [-0.39, 0.29) is 6.04 Å². The zero-order valence-electron chi connectivity index (χ0n) is 12.2. The first kappa shape index (κ1) is 14.8. The van der Waals surface area contributed by atoms with Crippen LogP contribution in [-0.2, 0) is 0 Å². The fraction of sp³-hybridized carbons (Fsp3) is 0.333. The molecule has 0 aliphatic heterocycles. The number of thiophene rings is 1. The van der Waals surface area contributed by atoms with Crippen LogP contribution in [0.1, 0.15) is 27.6 Å². The second-order valence-corrected chi connectivity index (χ2v) is 5.63. The van der Waals surface area contributed by atoms with Gasteiger partial charge in [0.15, 0.2) is 0 Å². The molecule has 1 atom stereocenters. The van der Waals surface area contributed by atoms with Crippen molar-refractivity contribution in [1.82, 2.24) is 5.43 Å². The summed E-state index contributed by atoms with van der Waals surface area (Å²) in [5.74, 6) is 7.47. The Hall–Kier alpha value is -1.56. The highest BCUT2D eigenvalue weighted by molar-refractivity contribution is 7.10. The Morgan fingerprint density at radius 3 is 2.45 bits per heavy atom. The molecule has 2 aromatic rings. The van der Waals surface area contributed by atoms with Crippen molar-refractivity contribution in [3.8, 4) is 11.5 Å². The van der Waals surface area contributed by atoms with Gasteiger partial charge in [0.2, 0.25) is 0 Å². The van der Waals surface area contributed by atoms with Crippen molar-refractivity contribution in [3.05, 3.63) is 45.1 Å². The highest BCUT2D eigenvalue weighted by Gasteiger charge is 2.21. The van der Waals surface area contributed by atoms with E-state index in [1.165, 1.54) is 5.56 Å².